The van der Waals surface area contributed by atoms with Crippen LogP contribution in [0.15, 0.2) is 0 Å². The number of nitrogens with one attached hydrogen (secondary N) is 2. The zero-order valence-corrected chi connectivity index (χ0v) is 8.29. The standard InChI is InChI=1S/C8H15N3O3/c1-5(3-7(9)13)11-8(14)4-10-6(2)12/h5H,3-4H2,1-2H3,(H2,9,13)(H,10,12)(H,11,14). The second kappa shape index (κ2) is 5.95. The molecule has 6 nitrogen and oxygen atoms in total. The number of primary amides is 1. The molecule has 80 valence electrons. The van der Waals surface area contributed by atoms with E-state index >= 15 is 0 Å². The van der Waals surface area contributed by atoms with Gasteiger partial charge in [-0.2, -0.15) is 0 Å². The van der Waals surface area contributed by atoms with E-state index in [9.17, 15) is 14.4 Å². The maximum Gasteiger partial charge on any atom is 0.239 e. The van der Waals surface area contributed by atoms with Crippen LogP contribution in [0.25, 0.3) is 0 Å². The molecule has 0 radical (unpaired) electrons. The smallest absolute Gasteiger partial charge is 0.239 e. The molecule has 0 aliphatic rings. The Morgan fingerprint density at radius 3 is 2.36 bits per heavy atom. The largest absolute Gasteiger partial charge is 0.370 e. The highest BCUT2D eigenvalue weighted by Gasteiger charge is 2.09. The number of nitrogens with two attached hydrogens (primary N) is 1. The van der Waals surface area contributed by atoms with Crippen molar-refractivity contribution in [3.63, 3.8) is 0 Å². The predicted molar refractivity (Wildman–Crippen MR) is 50.1 cm³/mol. The summed E-state index contributed by atoms with van der Waals surface area (Å²) < 4.78 is 0. The van der Waals surface area contributed by atoms with Crippen LogP contribution >= 0.6 is 0 Å². The molecule has 0 saturated heterocycles. The van der Waals surface area contributed by atoms with E-state index in [0.717, 1.165) is 0 Å². The van der Waals surface area contributed by atoms with Crippen LogP contribution < -0.4 is 16.4 Å². The third-order valence-corrected chi connectivity index (χ3v) is 1.41. The molecule has 0 heterocycles. The van der Waals surface area contributed by atoms with Gasteiger partial charge in [-0.1, -0.05) is 0 Å². The Bertz CT molecular complexity index is 240. The SMILES string of the molecule is CC(=O)NCC(=O)NC(C)CC(N)=O. The summed E-state index contributed by atoms with van der Waals surface area (Å²) in [5.74, 6) is -1.09. The van der Waals surface area contributed by atoms with Gasteiger partial charge in [0.2, 0.25) is 17.7 Å². The highest BCUT2D eigenvalue weighted by Crippen LogP contribution is 1.87. The zero-order valence-electron chi connectivity index (χ0n) is 8.29. The van der Waals surface area contributed by atoms with E-state index in [1.165, 1.54) is 6.92 Å². The Morgan fingerprint density at radius 1 is 1.36 bits per heavy atom. The zero-order chi connectivity index (χ0) is 11.1. The molecule has 0 aromatic heterocycles. The van der Waals surface area contributed by atoms with Crippen molar-refractivity contribution in [2.24, 2.45) is 5.73 Å². The van der Waals surface area contributed by atoms with Gasteiger partial charge in [0.25, 0.3) is 0 Å². The average Bonchev–Trinajstić information content (AvgIpc) is 1.98. The number of carbonyl (C=O) groups excluding carboxylic acids is 3. The first-order valence-corrected chi connectivity index (χ1v) is 4.24. The first-order chi connectivity index (χ1) is 6.41. The van der Waals surface area contributed by atoms with Crippen molar-refractivity contribution in [3.05, 3.63) is 0 Å². The lowest BCUT2D eigenvalue weighted by molar-refractivity contribution is -0.125. The molecular formula is C8H15N3O3. The minimum absolute atomic E-state index is 0.0849. The van der Waals surface area contributed by atoms with E-state index in [0.29, 0.717) is 0 Å². The van der Waals surface area contributed by atoms with Gasteiger partial charge in [0.05, 0.1) is 6.54 Å². The molecule has 0 spiro atoms. The van der Waals surface area contributed by atoms with Crippen LogP contribution in [0.3, 0.4) is 0 Å². The predicted octanol–water partition coefficient (Wildman–Crippen LogP) is -1.50. The van der Waals surface area contributed by atoms with Crippen LogP contribution in [0.5, 0.6) is 0 Å². The van der Waals surface area contributed by atoms with Crippen LogP contribution in [-0.4, -0.2) is 30.3 Å². The Balaban J connectivity index is 3.71. The highest BCUT2D eigenvalue weighted by atomic mass is 16.2. The molecule has 6 heteroatoms. The van der Waals surface area contributed by atoms with Crippen LogP contribution in [0.2, 0.25) is 0 Å². The van der Waals surface area contributed by atoms with E-state index < -0.39 is 5.91 Å². The van der Waals surface area contributed by atoms with E-state index in [1.54, 1.807) is 6.92 Å². The summed E-state index contributed by atoms with van der Waals surface area (Å²) in [7, 11) is 0. The summed E-state index contributed by atoms with van der Waals surface area (Å²) >= 11 is 0. The van der Waals surface area contributed by atoms with Crippen LogP contribution in [-0.2, 0) is 14.4 Å². The fourth-order valence-electron chi connectivity index (χ4n) is 0.883. The minimum atomic E-state index is -0.475. The average molecular weight is 201 g/mol. The fraction of sp³-hybridized carbons (Fsp3) is 0.625. The van der Waals surface area contributed by atoms with Gasteiger partial charge in [-0.3, -0.25) is 14.4 Å². The van der Waals surface area contributed by atoms with Gasteiger partial charge in [-0.05, 0) is 6.92 Å². The molecular weight excluding hydrogens is 186 g/mol. The van der Waals surface area contributed by atoms with Crippen molar-refractivity contribution < 1.29 is 14.4 Å². The molecule has 0 bridgehead atoms. The number of carbonyl (C=O) groups is 3. The first-order valence-electron chi connectivity index (χ1n) is 4.24. The van der Waals surface area contributed by atoms with Crippen LogP contribution in [0.1, 0.15) is 20.3 Å². The Kier molecular flexibility index (Phi) is 5.28. The van der Waals surface area contributed by atoms with Gasteiger partial charge >= 0.3 is 0 Å². The maximum atomic E-state index is 11.1. The van der Waals surface area contributed by atoms with Gasteiger partial charge in [0.15, 0.2) is 0 Å². The van der Waals surface area contributed by atoms with Gasteiger partial charge in [0, 0.05) is 19.4 Å². The number of hydrogen-bond acceptors (Lipinski definition) is 3. The quantitative estimate of drug-likeness (QED) is 0.504. The van der Waals surface area contributed by atoms with E-state index in [1.807, 2.05) is 0 Å². The second-order valence-electron chi connectivity index (χ2n) is 3.05. The third kappa shape index (κ3) is 7.08. The normalized spacial score (nSPS) is 11.6. The summed E-state index contributed by atoms with van der Waals surface area (Å²) in [4.78, 5) is 32.0. The van der Waals surface area contributed by atoms with Crippen LogP contribution in [0.4, 0.5) is 0 Å². The van der Waals surface area contributed by atoms with Crippen molar-refractivity contribution in [2.45, 2.75) is 26.3 Å². The molecule has 1 atom stereocenters. The van der Waals surface area contributed by atoms with Gasteiger partial charge in [-0.25, -0.2) is 0 Å². The Hall–Kier alpha value is -1.59. The van der Waals surface area contributed by atoms with Crippen molar-refractivity contribution in [1.82, 2.24) is 10.6 Å². The second-order valence-corrected chi connectivity index (χ2v) is 3.05. The minimum Gasteiger partial charge on any atom is -0.370 e. The molecule has 4 N–H and O–H groups in total. The lowest BCUT2D eigenvalue weighted by Gasteiger charge is -2.11. The van der Waals surface area contributed by atoms with Crippen molar-refractivity contribution in [3.8, 4) is 0 Å². The van der Waals surface area contributed by atoms with Crippen LogP contribution in [0, 0.1) is 0 Å². The molecule has 0 aromatic carbocycles. The lowest BCUT2D eigenvalue weighted by Crippen LogP contribution is -2.41. The van der Waals surface area contributed by atoms with Gasteiger partial charge in [-0.15, -0.1) is 0 Å². The van der Waals surface area contributed by atoms with Crippen molar-refractivity contribution in [1.29, 1.82) is 0 Å². The van der Waals surface area contributed by atoms with Crippen molar-refractivity contribution >= 4 is 17.7 Å². The summed E-state index contributed by atoms with van der Waals surface area (Å²) in [5.41, 5.74) is 4.93. The lowest BCUT2D eigenvalue weighted by atomic mass is 10.2. The highest BCUT2D eigenvalue weighted by molar-refractivity contribution is 5.84. The summed E-state index contributed by atoms with van der Waals surface area (Å²) in [6.07, 6.45) is 0.0891. The fourth-order valence-corrected chi connectivity index (χ4v) is 0.883. The van der Waals surface area contributed by atoms with Gasteiger partial charge < -0.3 is 16.4 Å². The Morgan fingerprint density at radius 2 is 1.93 bits per heavy atom. The molecule has 0 aliphatic heterocycles. The summed E-state index contributed by atoms with van der Waals surface area (Å²) in [6, 6.07) is -0.311. The summed E-state index contributed by atoms with van der Waals surface area (Å²) in [5, 5.41) is 4.85. The number of rotatable bonds is 5. The van der Waals surface area contributed by atoms with E-state index in [4.69, 9.17) is 5.73 Å². The molecule has 3 amide bonds. The number of amides is 3. The molecule has 14 heavy (non-hydrogen) atoms. The maximum absolute atomic E-state index is 11.1. The topological polar surface area (TPSA) is 101 Å². The molecule has 1 unspecified atom stereocenters. The molecule has 0 saturated carbocycles. The summed E-state index contributed by atoms with van der Waals surface area (Å²) in [6.45, 7) is 2.90. The Labute approximate surface area is 82.2 Å². The third-order valence-electron chi connectivity index (χ3n) is 1.41. The molecule has 0 fully saturated rings. The molecule has 0 aromatic rings. The first kappa shape index (κ1) is 12.4. The molecule has 0 aliphatic carbocycles. The molecule has 0 rings (SSSR count). The van der Waals surface area contributed by atoms with E-state index in [-0.39, 0.29) is 30.8 Å². The van der Waals surface area contributed by atoms with Crippen molar-refractivity contribution in [2.75, 3.05) is 6.54 Å². The van der Waals surface area contributed by atoms with E-state index in [2.05, 4.69) is 10.6 Å². The number of hydrogen-bond donors (Lipinski definition) is 3. The monoisotopic (exact) mass is 201 g/mol. The van der Waals surface area contributed by atoms with Gasteiger partial charge in [0.1, 0.15) is 0 Å².